The van der Waals surface area contributed by atoms with Crippen LogP contribution in [0.1, 0.15) is 17.3 Å². The summed E-state index contributed by atoms with van der Waals surface area (Å²) in [7, 11) is 1.69. The average molecular weight is 315 g/mol. The maximum atomic E-state index is 11.5. The Morgan fingerprint density at radius 1 is 1.39 bits per heavy atom. The van der Waals surface area contributed by atoms with Gasteiger partial charge in [-0.1, -0.05) is 0 Å². The van der Waals surface area contributed by atoms with Crippen LogP contribution in [0.4, 0.5) is 5.69 Å². The maximum absolute atomic E-state index is 11.5. The van der Waals surface area contributed by atoms with Crippen molar-refractivity contribution in [1.29, 1.82) is 0 Å². The molecule has 0 saturated heterocycles. The molecular weight excluding hydrogens is 300 g/mol. The van der Waals surface area contributed by atoms with Crippen molar-refractivity contribution in [3.63, 3.8) is 0 Å². The summed E-state index contributed by atoms with van der Waals surface area (Å²) >= 11 is 3.30. The number of carbonyl (C=O) groups excluding carboxylic acids is 2. The van der Waals surface area contributed by atoms with Gasteiger partial charge in [-0.05, 0) is 48.1 Å². The molecule has 1 aromatic rings. The number of rotatable bonds is 5. The minimum absolute atomic E-state index is 0.151. The molecule has 0 unspecified atom stereocenters. The topological polar surface area (TPSA) is 67.4 Å². The van der Waals surface area contributed by atoms with Gasteiger partial charge in [0.05, 0.1) is 24.4 Å². The van der Waals surface area contributed by atoms with E-state index in [1.807, 2.05) is 0 Å². The highest BCUT2D eigenvalue weighted by Gasteiger charge is 2.10. The SMILES string of the molecule is CCOC(=O)c1ccc(NC(=O)CNC)c(Br)c1. The van der Waals surface area contributed by atoms with E-state index in [0.29, 0.717) is 22.3 Å². The summed E-state index contributed by atoms with van der Waals surface area (Å²) in [4.78, 5) is 22.9. The molecule has 18 heavy (non-hydrogen) atoms. The second kappa shape index (κ2) is 7.13. The van der Waals surface area contributed by atoms with Gasteiger partial charge in [-0.3, -0.25) is 4.79 Å². The smallest absolute Gasteiger partial charge is 0.338 e. The van der Waals surface area contributed by atoms with Crippen LogP contribution in [0.5, 0.6) is 0 Å². The van der Waals surface area contributed by atoms with Crippen molar-refractivity contribution in [2.75, 3.05) is 25.5 Å². The molecule has 98 valence electrons. The van der Waals surface area contributed by atoms with E-state index >= 15 is 0 Å². The van der Waals surface area contributed by atoms with Gasteiger partial charge in [0.1, 0.15) is 0 Å². The molecule has 0 aliphatic rings. The van der Waals surface area contributed by atoms with E-state index in [4.69, 9.17) is 4.74 Å². The van der Waals surface area contributed by atoms with Gasteiger partial charge in [0.15, 0.2) is 0 Å². The number of hydrogen-bond acceptors (Lipinski definition) is 4. The van der Waals surface area contributed by atoms with Gasteiger partial charge >= 0.3 is 5.97 Å². The van der Waals surface area contributed by atoms with Crippen molar-refractivity contribution in [2.24, 2.45) is 0 Å². The van der Waals surface area contributed by atoms with Crippen LogP contribution in [0.3, 0.4) is 0 Å². The lowest BCUT2D eigenvalue weighted by molar-refractivity contribution is -0.115. The first-order valence-electron chi connectivity index (χ1n) is 5.49. The highest BCUT2D eigenvalue weighted by molar-refractivity contribution is 9.10. The number of likely N-dealkylation sites (N-methyl/N-ethyl adjacent to an activating group) is 1. The number of hydrogen-bond donors (Lipinski definition) is 2. The van der Waals surface area contributed by atoms with E-state index in [-0.39, 0.29) is 18.4 Å². The molecule has 0 spiro atoms. The van der Waals surface area contributed by atoms with Crippen LogP contribution in [0.2, 0.25) is 0 Å². The molecule has 0 aliphatic heterocycles. The zero-order chi connectivity index (χ0) is 13.5. The Morgan fingerprint density at radius 2 is 2.11 bits per heavy atom. The molecule has 0 radical (unpaired) electrons. The highest BCUT2D eigenvalue weighted by atomic mass is 79.9. The van der Waals surface area contributed by atoms with Crippen molar-refractivity contribution >= 4 is 33.5 Å². The third-order valence-corrected chi connectivity index (χ3v) is 2.75. The summed E-state index contributed by atoms with van der Waals surface area (Å²) in [5.41, 5.74) is 1.05. The fourth-order valence-corrected chi connectivity index (χ4v) is 1.79. The quantitative estimate of drug-likeness (QED) is 0.813. The number of amides is 1. The molecule has 0 heterocycles. The third-order valence-electron chi connectivity index (χ3n) is 2.09. The molecule has 1 aromatic carbocycles. The second-order valence-electron chi connectivity index (χ2n) is 3.49. The van der Waals surface area contributed by atoms with Crippen molar-refractivity contribution in [1.82, 2.24) is 5.32 Å². The highest BCUT2D eigenvalue weighted by Crippen LogP contribution is 2.24. The molecule has 0 atom stereocenters. The monoisotopic (exact) mass is 314 g/mol. The van der Waals surface area contributed by atoms with Gasteiger partial charge in [-0.2, -0.15) is 0 Å². The average Bonchev–Trinajstić information content (AvgIpc) is 2.32. The zero-order valence-corrected chi connectivity index (χ0v) is 11.8. The molecule has 0 aromatic heterocycles. The number of nitrogens with one attached hydrogen (secondary N) is 2. The largest absolute Gasteiger partial charge is 0.462 e. The van der Waals surface area contributed by atoms with Crippen LogP contribution in [-0.2, 0) is 9.53 Å². The van der Waals surface area contributed by atoms with Crippen molar-refractivity contribution in [3.8, 4) is 0 Å². The van der Waals surface area contributed by atoms with Gasteiger partial charge in [0.2, 0.25) is 5.91 Å². The van der Waals surface area contributed by atoms with Crippen molar-refractivity contribution < 1.29 is 14.3 Å². The fraction of sp³-hybridized carbons (Fsp3) is 0.333. The summed E-state index contributed by atoms with van der Waals surface area (Å²) in [6, 6.07) is 4.88. The molecule has 1 rings (SSSR count). The predicted octanol–water partition coefficient (Wildman–Crippen LogP) is 1.78. The first kappa shape index (κ1) is 14.7. The molecular formula is C12H15BrN2O3. The molecule has 0 fully saturated rings. The van der Waals surface area contributed by atoms with Gasteiger partial charge in [0.25, 0.3) is 0 Å². The maximum Gasteiger partial charge on any atom is 0.338 e. The van der Waals surface area contributed by atoms with Crippen LogP contribution in [0.25, 0.3) is 0 Å². The lowest BCUT2D eigenvalue weighted by atomic mass is 10.2. The minimum Gasteiger partial charge on any atom is -0.462 e. The summed E-state index contributed by atoms with van der Waals surface area (Å²) in [6.07, 6.45) is 0. The summed E-state index contributed by atoms with van der Waals surface area (Å²) in [5, 5.41) is 5.46. The summed E-state index contributed by atoms with van der Waals surface area (Å²) in [5.74, 6) is -0.534. The van der Waals surface area contributed by atoms with Gasteiger partial charge < -0.3 is 15.4 Å². The first-order valence-corrected chi connectivity index (χ1v) is 6.29. The van der Waals surface area contributed by atoms with E-state index in [1.165, 1.54) is 0 Å². The Balaban J connectivity index is 2.79. The van der Waals surface area contributed by atoms with Gasteiger partial charge in [-0.25, -0.2) is 4.79 Å². The Hall–Kier alpha value is -1.40. The number of ether oxygens (including phenoxy) is 1. The molecule has 6 heteroatoms. The Kier molecular flexibility index (Phi) is 5.80. The Bertz CT molecular complexity index is 449. The number of halogens is 1. The van der Waals surface area contributed by atoms with Crippen LogP contribution < -0.4 is 10.6 Å². The number of esters is 1. The van der Waals surface area contributed by atoms with Crippen molar-refractivity contribution in [2.45, 2.75) is 6.92 Å². The van der Waals surface area contributed by atoms with E-state index in [1.54, 1.807) is 32.2 Å². The zero-order valence-electron chi connectivity index (χ0n) is 10.2. The predicted molar refractivity (Wildman–Crippen MR) is 72.7 cm³/mol. The van der Waals surface area contributed by atoms with Crippen LogP contribution >= 0.6 is 15.9 Å². The third kappa shape index (κ3) is 4.12. The normalized spacial score (nSPS) is 9.94. The van der Waals surface area contributed by atoms with Crippen molar-refractivity contribution in [3.05, 3.63) is 28.2 Å². The van der Waals surface area contributed by atoms with Gasteiger partial charge in [-0.15, -0.1) is 0 Å². The fourth-order valence-electron chi connectivity index (χ4n) is 1.31. The Morgan fingerprint density at radius 3 is 2.67 bits per heavy atom. The lowest BCUT2D eigenvalue weighted by Gasteiger charge is -2.08. The van der Waals surface area contributed by atoms with E-state index in [2.05, 4.69) is 26.6 Å². The molecule has 0 saturated carbocycles. The Labute approximate surface area is 114 Å². The standard InChI is InChI=1S/C12H15BrN2O3/c1-3-18-12(17)8-4-5-10(9(13)6-8)15-11(16)7-14-2/h4-6,14H,3,7H2,1-2H3,(H,15,16). The van der Waals surface area contributed by atoms with Crippen LogP contribution in [0.15, 0.2) is 22.7 Å². The number of carbonyl (C=O) groups is 2. The van der Waals surface area contributed by atoms with Gasteiger partial charge in [0, 0.05) is 4.47 Å². The summed E-state index contributed by atoms with van der Waals surface area (Å²) in [6.45, 7) is 2.31. The molecule has 0 aliphatic carbocycles. The lowest BCUT2D eigenvalue weighted by Crippen LogP contribution is -2.25. The van der Waals surface area contributed by atoms with E-state index < -0.39 is 0 Å². The molecule has 5 nitrogen and oxygen atoms in total. The first-order chi connectivity index (χ1) is 8.58. The summed E-state index contributed by atoms with van der Waals surface area (Å²) < 4.78 is 5.52. The number of anilines is 1. The number of benzene rings is 1. The second-order valence-corrected chi connectivity index (χ2v) is 4.35. The molecule has 1 amide bonds. The van der Waals surface area contributed by atoms with E-state index in [9.17, 15) is 9.59 Å². The van der Waals surface area contributed by atoms with E-state index in [0.717, 1.165) is 0 Å². The molecule has 0 bridgehead atoms. The minimum atomic E-state index is -0.383. The molecule has 2 N–H and O–H groups in total. The van der Waals surface area contributed by atoms with Crippen LogP contribution in [0, 0.1) is 0 Å². The van der Waals surface area contributed by atoms with Crippen LogP contribution in [-0.4, -0.2) is 32.1 Å².